The highest BCUT2D eigenvalue weighted by Gasteiger charge is 2.38. The minimum absolute atomic E-state index is 0.108. The molecule has 0 saturated carbocycles. The molecule has 1 unspecified atom stereocenters. The largest absolute Gasteiger partial charge is 0.366 e. The lowest BCUT2D eigenvalue weighted by atomic mass is 9.79. The Hall–Kier alpha value is -2.21. The second-order valence-electron chi connectivity index (χ2n) is 8.83. The number of carbonyl (C=O) groups is 2. The van der Waals surface area contributed by atoms with Crippen molar-refractivity contribution in [1.82, 2.24) is 9.80 Å². The normalized spacial score (nSPS) is 21.3. The number of rotatable bonds is 5. The molecule has 0 spiro atoms. The number of hydrogen-bond acceptors (Lipinski definition) is 4. The zero-order valence-corrected chi connectivity index (χ0v) is 19.8. The Bertz CT molecular complexity index is 878. The van der Waals surface area contributed by atoms with Crippen molar-refractivity contribution in [3.05, 3.63) is 34.9 Å². The van der Waals surface area contributed by atoms with E-state index in [1.54, 1.807) is 6.08 Å². The smallest absolute Gasteiger partial charge is 0.265 e. The number of amides is 2. The minimum Gasteiger partial charge on any atom is -0.366 e. The van der Waals surface area contributed by atoms with Gasteiger partial charge in [0.25, 0.3) is 11.8 Å². The molecule has 2 aliphatic rings. The van der Waals surface area contributed by atoms with Crippen LogP contribution in [0.2, 0.25) is 0 Å². The second-order valence-corrected chi connectivity index (χ2v) is 9.19. The molecule has 162 valence electrons. The summed E-state index contributed by atoms with van der Waals surface area (Å²) in [6.45, 7) is 14.7. The van der Waals surface area contributed by atoms with E-state index >= 15 is 0 Å². The van der Waals surface area contributed by atoms with Crippen LogP contribution in [0.5, 0.6) is 0 Å². The Morgan fingerprint density at radius 2 is 1.70 bits per heavy atom. The molecule has 1 atom stereocenters. The third-order valence-electron chi connectivity index (χ3n) is 6.21. The molecule has 2 aliphatic heterocycles. The average molecular weight is 428 g/mol. The third-order valence-corrected chi connectivity index (χ3v) is 6.65. The molecule has 3 rings (SSSR count). The molecule has 1 aromatic carbocycles. The predicted molar refractivity (Wildman–Crippen MR) is 127 cm³/mol. The SMILES string of the molecule is CCCN1c2ccc(C=C3C(=O)N(CC)C(=S)N(CC)C3=O)cc2C(C)CC1(C)C. The fraction of sp³-hybridized carbons (Fsp3) is 0.542. The first-order valence-corrected chi connectivity index (χ1v) is 11.4. The molecule has 2 amide bonds. The van der Waals surface area contributed by atoms with Gasteiger partial charge in [0.2, 0.25) is 0 Å². The zero-order chi connectivity index (χ0) is 22.2. The number of benzene rings is 1. The van der Waals surface area contributed by atoms with Crippen LogP contribution < -0.4 is 4.90 Å². The van der Waals surface area contributed by atoms with Gasteiger partial charge in [-0.1, -0.05) is 19.9 Å². The van der Waals surface area contributed by atoms with Crippen molar-refractivity contribution in [3.63, 3.8) is 0 Å². The highest BCUT2D eigenvalue weighted by molar-refractivity contribution is 7.80. The number of anilines is 1. The summed E-state index contributed by atoms with van der Waals surface area (Å²) in [5.41, 5.74) is 3.71. The van der Waals surface area contributed by atoms with Crippen LogP contribution in [0.1, 0.15) is 71.4 Å². The monoisotopic (exact) mass is 427 g/mol. The van der Waals surface area contributed by atoms with E-state index in [9.17, 15) is 9.59 Å². The van der Waals surface area contributed by atoms with Crippen LogP contribution in [0, 0.1) is 0 Å². The van der Waals surface area contributed by atoms with Crippen LogP contribution in [0.15, 0.2) is 23.8 Å². The van der Waals surface area contributed by atoms with E-state index in [0.717, 1.165) is 24.9 Å². The maximum absolute atomic E-state index is 12.9. The summed E-state index contributed by atoms with van der Waals surface area (Å²) in [5, 5.41) is 0.295. The maximum atomic E-state index is 12.9. The van der Waals surface area contributed by atoms with E-state index in [1.807, 2.05) is 19.9 Å². The summed E-state index contributed by atoms with van der Waals surface area (Å²) in [4.78, 5) is 31.4. The van der Waals surface area contributed by atoms with Gasteiger partial charge in [0.05, 0.1) is 0 Å². The Morgan fingerprint density at radius 1 is 1.10 bits per heavy atom. The molecule has 1 aromatic rings. The summed E-state index contributed by atoms with van der Waals surface area (Å²) in [6, 6.07) is 6.31. The molecule has 6 heteroatoms. The summed E-state index contributed by atoms with van der Waals surface area (Å²) in [7, 11) is 0. The van der Waals surface area contributed by atoms with E-state index in [-0.39, 0.29) is 22.9 Å². The Kier molecular flexibility index (Phi) is 6.37. The first kappa shape index (κ1) is 22.5. The summed E-state index contributed by atoms with van der Waals surface area (Å²) < 4.78 is 0. The molecule has 1 fully saturated rings. The van der Waals surface area contributed by atoms with Crippen molar-refractivity contribution >= 4 is 40.9 Å². The number of carbonyl (C=O) groups excluding carboxylic acids is 2. The lowest BCUT2D eigenvalue weighted by molar-refractivity contribution is -0.133. The van der Waals surface area contributed by atoms with Gasteiger partial charge in [-0.15, -0.1) is 0 Å². The van der Waals surface area contributed by atoms with Gasteiger partial charge in [-0.2, -0.15) is 0 Å². The first-order chi connectivity index (χ1) is 14.2. The van der Waals surface area contributed by atoms with Gasteiger partial charge in [-0.3, -0.25) is 19.4 Å². The minimum atomic E-state index is -0.309. The van der Waals surface area contributed by atoms with Crippen molar-refractivity contribution in [3.8, 4) is 0 Å². The van der Waals surface area contributed by atoms with Gasteiger partial charge in [0.1, 0.15) is 5.57 Å². The average Bonchev–Trinajstić information content (AvgIpc) is 2.69. The fourth-order valence-electron chi connectivity index (χ4n) is 4.80. The number of fused-ring (bicyclic) bond motifs is 1. The lowest BCUT2D eigenvalue weighted by Crippen LogP contribution is -2.55. The van der Waals surface area contributed by atoms with Crippen molar-refractivity contribution < 1.29 is 9.59 Å². The van der Waals surface area contributed by atoms with Crippen LogP contribution in [0.4, 0.5) is 5.69 Å². The molecule has 0 radical (unpaired) electrons. The molecule has 0 N–H and O–H groups in total. The van der Waals surface area contributed by atoms with Crippen LogP contribution in [-0.2, 0) is 9.59 Å². The number of likely N-dealkylation sites (N-methyl/N-ethyl adjacent to an activating group) is 2. The Balaban J connectivity index is 2.04. The standard InChI is InChI=1S/C24H33N3O2S/c1-7-12-27-20-11-10-17(13-18(20)16(4)15-24(27,5)6)14-19-21(28)25(8-2)23(30)26(9-3)22(19)29/h10-11,13-14,16H,7-9,12,15H2,1-6H3. The molecule has 30 heavy (non-hydrogen) atoms. The predicted octanol–water partition coefficient (Wildman–Crippen LogP) is 4.57. The van der Waals surface area contributed by atoms with E-state index in [0.29, 0.717) is 24.1 Å². The van der Waals surface area contributed by atoms with Gasteiger partial charge in [-0.25, -0.2) is 0 Å². The zero-order valence-electron chi connectivity index (χ0n) is 19.0. The van der Waals surface area contributed by atoms with Crippen LogP contribution in [0.3, 0.4) is 0 Å². The second kappa shape index (κ2) is 8.50. The summed E-state index contributed by atoms with van der Waals surface area (Å²) in [5.74, 6) is -0.209. The van der Waals surface area contributed by atoms with Gasteiger partial charge in [-0.05, 0) is 88.0 Å². The van der Waals surface area contributed by atoms with Gasteiger partial charge >= 0.3 is 0 Å². The van der Waals surface area contributed by atoms with E-state index < -0.39 is 0 Å². The first-order valence-electron chi connectivity index (χ1n) is 11.0. The molecular formula is C24H33N3O2S. The van der Waals surface area contributed by atoms with Gasteiger partial charge in [0.15, 0.2) is 5.11 Å². The van der Waals surface area contributed by atoms with Gasteiger partial charge < -0.3 is 4.90 Å². The summed E-state index contributed by atoms with van der Waals surface area (Å²) in [6.07, 6.45) is 3.89. The summed E-state index contributed by atoms with van der Waals surface area (Å²) >= 11 is 5.35. The van der Waals surface area contributed by atoms with Crippen molar-refractivity contribution in [2.75, 3.05) is 24.5 Å². The van der Waals surface area contributed by atoms with E-state index in [1.165, 1.54) is 21.1 Å². The van der Waals surface area contributed by atoms with Crippen molar-refractivity contribution in [1.29, 1.82) is 0 Å². The van der Waals surface area contributed by atoms with E-state index in [2.05, 4.69) is 44.7 Å². The highest BCUT2D eigenvalue weighted by Crippen LogP contribution is 2.43. The van der Waals surface area contributed by atoms with Crippen molar-refractivity contribution in [2.45, 2.75) is 65.8 Å². The molecule has 0 aromatic heterocycles. The number of hydrogen-bond donors (Lipinski definition) is 0. The molecule has 0 aliphatic carbocycles. The highest BCUT2D eigenvalue weighted by atomic mass is 32.1. The molecule has 0 bridgehead atoms. The molecule has 1 saturated heterocycles. The van der Waals surface area contributed by atoms with Gasteiger partial charge in [0, 0.05) is 30.9 Å². The number of thiocarbonyl (C=S) groups is 1. The molecule has 2 heterocycles. The van der Waals surface area contributed by atoms with E-state index in [4.69, 9.17) is 12.2 Å². The van der Waals surface area contributed by atoms with Crippen molar-refractivity contribution in [2.24, 2.45) is 0 Å². The fourth-order valence-corrected chi connectivity index (χ4v) is 5.22. The van der Waals surface area contributed by atoms with Crippen LogP contribution >= 0.6 is 12.2 Å². The lowest BCUT2D eigenvalue weighted by Gasteiger charge is -2.47. The maximum Gasteiger partial charge on any atom is 0.265 e. The Morgan fingerprint density at radius 3 is 2.23 bits per heavy atom. The quantitative estimate of drug-likeness (QED) is 0.392. The molecular weight excluding hydrogens is 394 g/mol. The molecule has 5 nitrogen and oxygen atoms in total. The topological polar surface area (TPSA) is 43.9 Å². The Labute approximate surface area is 185 Å². The number of nitrogens with zero attached hydrogens (tertiary/aromatic N) is 3. The van der Waals surface area contributed by atoms with Crippen LogP contribution in [0.25, 0.3) is 6.08 Å². The third kappa shape index (κ3) is 3.78. The van der Waals surface area contributed by atoms with Crippen LogP contribution in [-0.4, -0.2) is 51.9 Å².